The molecule has 1 atom stereocenters. The van der Waals surface area contributed by atoms with Crippen molar-refractivity contribution in [1.29, 1.82) is 0 Å². The molecular weight excluding hydrogens is 419 g/mol. The molecule has 8 heteroatoms. The molecule has 1 unspecified atom stereocenters. The van der Waals surface area contributed by atoms with Gasteiger partial charge in [-0.05, 0) is 35.9 Å². The summed E-state index contributed by atoms with van der Waals surface area (Å²) < 4.78 is 40.3. The Kier molecular flexibility index (Phi) is 6.14. The highest BCUT2D eigenvalue weighted by molar-refractivity contribution is 6.07. The molecule has 166 valence electrons. The monoisotopic (exact) mass is 441 g/mol. The van der Waals surface area contributed by atoms with Crippen LogP contribution in [-0.2, 0) is 4.79 Å². The lowest BCUT2D eigenvalue weighted by atomic mass is 10.0. The summed E-state index contributed by atoms with van der Waals surface area (Å²) in [6.07, 6.45) is 0. The van der Waals surface area contributed by atoms with Crippen LogP contribution in [-0.4, -0.2) is 53.8 Å². The quantitative estimate of drug-likeness (QED) is 0.622. The first-order chi connectivity index (χ1) is 15.4. The molecule has 0 bridgehead atoms. The molecule has 1 saturated heterocycles. The van der Waals surface area contributed by atoms with Crippen LogP contribution >= 0.6 is 0 Å². The maximum Gasteiger partial charge on any atom is 0.254 e. The van der Waals surface area contributed by atoms with Gasteiger partial charge in [-0.25, -0.2) is 13.2 Å². The van der Waals surface area contributed by atoms with E-state index in [0.29, 0.717) is 31.7 Å². The number of hydrogen-bond acceptors (Lipinski definition) is 3. The predicted molar refractivity (Wildman–Crippen MR) is 116 cm³/mol. The van der Waals surface area contributed by atoms with Crippen molar-refractivity contribution in [3.8, 4) is 0 Å². The standard InChI is InChI=1S/C24H22F3N3O2/c1-15(23(31)28-20-10-9-19(25)21(26)22(20)27)29-11-13-30(14-12-29)24(32)18-8-4-6-16-5-2-3-7-17(16)18/h2-10,15H,11-14H2,1H3,(H,28,31). The lowest BCUT2D eigenvalue weighted by Crippen LogP contribution is -2.54. The number of amides is 2. The summed E-state index contributed by atoms with van der Waals surface area (Å²) in [5.41, 5.74) is 0.224. The highest BCUT2D eigenvalue weighted by Crippen LogP contribution is 2.22. The molecule has 1 heterocycles. The molecule has 0 spiro atoms. The molecule has 1 N–H and O–H groups in total. The Balaban J connectivity index is 1.39. The van der Waals surface area contributed by atoms with Crippen molar-refractivity contribution in [3.63, 3.8) is 0 Å². The van der Waals surface area contributed by atoms with Crippen molar-refractivity contribution in [1.82, 2.24) is 9.80 Å². The van der Waals surface area contributed by atoms with Gasteiger partial charge in [0.05, 0.1) is 11.7 Å². The van der Waals surface area contributed by atoms with E-state index < -0.39 is 35.1 Å². The molecule has 0 aromatic heterocycles. The molecule has 32 heavy (non-hydrogen) atoms. The Morgan fingerprint density at radius 3 is 2.31 bits per heavy atom. The van der Waals surface area contributed by atoms with Crippen molar-refractivity contribution in [2.24, 2.45) is 0 Å². The largest absolute Gasteiger partial charge is 0.336 e. The van der Waals surface area contributed by atoms with Gasteiger partial charge in [-0.2, -0.15) is 0 Å². The van der Waals surface area contributed by atoms with Gasteiger partial charge in [0.2, 0.25) is 5.91 Å². The van der Waals surface area contributed by atoms with Gasteiger partial charge in [0.1, 0.15) is 0 Å². The third kappa shape index (κ3) is 4.18. The normalized spacial score (nSPS) is 15.6. The van der Waals surface area contributed by atoms with Crippen molar-refractivity contribution in [3.05, 3.63) is 77.6 Å². The number of hydrogen-bond donors (Lipinski definition) is 1. The van der Waals surface area contributed by atoms with E-state index >= 15 is 0 Å². The molecule has 2 amide bonds. The average Bonchev–Trinajstić information content (AvgIpc) is 2.83. The summed E-state index contributed by atoms with van der Waals surface area (Å²) in [5.74, 6) is -4.99. The summed E-state index contributed by atoms with van der Waals surface area (Å²) in [4.78, 5) is 29.2. The number of halogens is 3. The smallest absolute Gasteiger partial charge is 0.254 e. The van der Waals surface area contributed by atoms with Crippen LogP contribution in [0.3, 0.4) is 0 Å². The van der Waals surface area contributed by atoms with Gasteiger partial charge in [-0.3, -0.25) is 14.5 Å². The Bertz CT molecular complexity index is 1170. The van der Waals surface area contributed by atoms with Gasteiger partial charge in [-0.15, -0.1) is 0 Å². The van der Waals surface area contributed by atoms with Crippen LogP contribution in [0.5, 0.6) is 0 Å². The SMILES string of the molecule is CC(C(=O)Nc1ccc(F)c(F)c1F)N1CCN(C(=O)c2cccc3ccccc23)CC1. The molecule has 0 radical (unpaired) electrons. The van der Waals surface area contributed by atoms with Crippen LogP contribution in [0.1, 0.15) is 17.3 Å². The van der Waals surface area contributed by atoms with Crippen LogP contribution < -0.4 is 5.32 Å². The fraction of sp³-hybridized carbons (Fsp3) is 0.250. The fourth-order valence-electron chi connectivity index (χ4n) is 3.92. The van der Waals surface area contributed by atoms with Crippen LogP contribution in [0, 0.1) is 17.5 Å². The molecule has 1 aliphatic rings. The number of rotatable bonds is 4. The van der Waals surface area contributed by atoms with E-state index in [4.69, 9.17) is 0 Å². The van der Waals surface area contributed by atoms with Crippen molar-refractivity contribution < 1.29 is 22.8 Å². The minimum absolute atomic E-state index is 0.0672. The van der Waals surface area contributed by atoms with Crippen LogP contribution in [0.2, 0.25) is 0 Å². The molecule has 3 aromatic rings. The summed E-state index contributed by atoms with van der Waals surface area (Å²) in [7, 11) is 0. The van der Waals surface area contributed by atoms with Crippen molar-refractivity contribution in [2.45, 2.75) is 13.0 Å². The van der Waals surface area contributed by atoms with E-state index in [1.165, 1.54) is 0 Å². The number of piperazine rings is 1. The van der Waals surface area contributed by atoms with Gasteiger partial charge in [0.25, 0.3) is 5.91 Å². The number of benzene rings is 3. The number of carbonyl (C=O) groups is 2. The average molecular weight is 441 g/mol. The van der Waals surface area contributed by atoms with Gasteiger partial charge in [0.15, 0.2) is 17.5 Å². The minimum Gasteiger partial charge on any atom is -0.336 e. The number of nitrogens with zero attached hydrogens (tertiary/aromatic N) is 2. The number of carbonyl (C=O) groups excluding carboxylic acids is 2. The van der Waals surface area contributed by atoms with E-state index in [2.05, 4.69) is 5.32 Å². The molecule has 1 aliphatic heterocycles. The Labute approximate surface area is 183 Å². The van der Waals surface area contributed by atoms with E-state index in [1.807, 2.05) is 47.4 Å². The van der Waals surface area contributed by atoms with Crippen molar-refractivity contribution in [2.75, 3.05) is 31.5 Å². The maximum absolute atomic E-state index is 13.9. The molecule has 3 aromatic carbocycles. The van der Waals surface area contributed by atoms with Crippen LogP contribution in [0.15, 0.2) is 54.6 Å². The van der Waals surface area contributed by atoms with Gasteiger partial charge in [0, 0.05) is 31.7 Å². The highest BCUT2D eigenvalue weighted by atomic mass is 19.2. The lowest BCUT2D eigenvalue weighted by molar-refractivity contribution is -0.121. The molecule has 5 nitrogen and oxygen atoms in total. The first-order valence-electron chi connectivity index (χ1n) is 10.3. The van der Waals surface area contributed by atoms with E-state index in [0.717, 1.165) is 22.9 Å². The summed E-state index contributed by atoms with van der Waals surface area (Å²) in [6, 6.07) is 14.4. The summed E-state index contributed by atoms with van der Waals surface area (Å²) in [6.45, 7) is 3.41. The molecule has 1 fully saturated rings. The number of nitrogens with one attached hydrogen (secondary N) is 1. The second kappa shape index (κ2) is 9.00. The molecule has 0 aliphatic carbocycles. The Hall–Kier alpha value is -3.39. The Morgan fingerprint density at radius 1 is 0.875 bits per heavy atom. The summed E-state index contributed by atoms with van der Waals surface area (Å²) >= 11 is 0. The molecule has 4 rings (SSSR count). The van der Waals surface area contributed by atoms with Gasteiger partial charge in [-0.1, -0.05) is 36.4 Å². The van der Waals surface area contributed by atoms with Gasteiger partial charge < -0.3 is 10.2 Å². The van der Waals surface area contributed by atoms with E-state index in [1.54, 1.807) is 11.8 Å². The maximum atomic E-state index is 13.9. The van der Waals surface area contributed by atoms with Crippen LogP contribution in [0.4, 0.5) is 18.9 Å². The zero-order chi connectivity index (χ0) is 22.8. The first kappa shape index (κ1) is 21.8. The molecular formula is C24H22F3N3O2. The topological polar surface area (TPSA) is 52.7 Å². The van der Waals surface area contributed by atoms with Crippen LogP contribution in [0.25, 0.3) is 10.8 Å². The zero-order valence-electron chi connectivity index (χ0n) is 17.4. The first-order valence-corrected chi connectivity index (χ1v) is 10.3. The minimum atomic E-state index is -1.63. The molecule has 0 saturated carbocycles. The summed E-state index contributed by atoms with van der Waals surface area (Å²) in [5, 5.41) is 4.20. The fourth-order valence-corrected chi connectivity index (χ4v) is 3.92. The predicted octanol–water partition coefficient (Wildman–Crippen LogP) is 4.04. The lowest BCUT2D eigenvalue weighted by Gasteiger charge is -2.37. The third-order valence-corrected chi connectivity index (χ3v) is 5.84. The number of fused-ring (bicyclic) bond motifs is 1. The zero-order valence-corrected chi connectivity index (χ0v) is 17.4. The second-order valence-corrected chi connectivity index (χ2v) is 7.74. The van der Waals surface area contributed by atoms with E-state index in [9.17, 15) is 22.8 Å². The Morgan fingerprint density at radius 2 is 1.56 bits per heavy atom. The van der Waals surface area contributed by atoms with Crippen molar-refractivity contribution >= 4 is 28.3 Å². The highest BCUT2D eigenvalue weighted by Gasteiger charge is 2.29. The third-order valence-electron chi connectivity index (χ3n) is 5.84. The van der Waals surface area contributed by atoms with E-state index in [-0.39, 0.29) is 5.91 Å². The number of anilines is 1. The van der Waals surface area contributed by atoms with Gasteiger partial charge >= 0.3 is 0 Å². The second-order valence-electron chi connectivity index (χ2n) is 7.74.